The Kier molecular flexibility index (Phi) is 5.26. The third-order valence-corrected chi connectivity index (χ3v) is 2.60. The highest BCUT2D eigenvalue weighted by Gasteiger charge is 2.04. The van der Waals surface area contributed by atoms with E-state index in [1.54, 1.807) is 6.20 Å². The van der Waals surface area contributed by atoms with Gasteiger partial charge in [-0.25, -0.2) is 0 Å². The molecule has 1 N–H and O–H groups in total. The average molecular weight is 241 g/mol. The first-order chi connectivity index (χ1) is 7.63. The maximum Gasteiger partial charge on any atom is 0.220 e. The van der Waals surface area contributed by atoms with Gasteiger partial charge in [-0.15, -0.1) is 0 Å². The van der Waals surface area contributed by atoms with Gasteiger partial charge in [0, 0.05) is 24.9 Å². The van der Waals surface area contributed by atoms with E-state index in [1.165, 1.54) is 0 Å². The first-order valence-electron chi connectivity index (χ1n) is 5.51. The molecule has 1 heterocycles. The predicted octanol–water partition coefficient (Wildman–Crippen LogP) is 2.85. The minimum absolute atomic E-state index is 0.0845. The first kappa shape index (κ1) is 13.0. The van der Waals surface area contributed by atoms with E-state index >= 15 is 0 Å². The van der Waals surface area contributed by atoms with Gasteiger partial charge in [-0.1, -0.05) is 24.9 Å². The van der Waals surface area contributed by atoms with E-state index < -0.39 is 0 Å². The van der Waals surface area contributed by atoms with Crippen LogP contribution in [0, 0.1) is 6.92 Å². The molecular weight excluding hydrogens is 224 g/mol. The van der Waals surface area contributed by atoms with Crippen LogP contribution in [0.3, 0.4) is 0 Å². The van der Waals surface area contributed by atoms with E-state index in [9.17, 15) is 4.79 Å². The highest BCUT2D eigenvalue weighted by atomic mass is 35.5. The molecule has 0 fully saturated rings. The smallest absolute Gasteiger partial charge is 0.220 e. The second-order valence-electron chi connectivity index (χ2n) is 3.78. The normalized spacial score (nSPS) is 10.2. The van der Waals surface area contributed by atoms with Gasteiger partial charge in [-0.3, -0.25) is 9.78 Å². The zero-order valence-electron chi connectivity index (χ0n) is 9.72. The van der Waals surface area contributed by atoms with Crippen molar-refractivity contribution in [1.29, 1.82) is 0 Å². The van der Waals surface area contributed by atoms with Crippen LogP contribution in [0.5, 0.6) is 0 Å². The molecule has 0 saturated heterocycles. The number of carbonyl (C=O) groups is 1. The highest BCUT2D eigenvalue weighted by molar-refractivity contribution is 6.30. The fourth-order valence-electron chi connectivity index (χ4n) is 1.35. The number of nitrogens with one attached hydrogen (secondary N) is 1. The molecular formula is C12H17ClN2O. The van der Waals surface area contributed by atoms with Crippen LogP contribution < -0.4 is 5.32 Å². The van der Waals surface area contributed by atoms with E-state index in [4.69, 9.17) is 11.6 Å². The molecule has 3 nitrogen and oxygen atoms in total. The van der Waals surface area contributed by atoms with Crippen LogP contribution in [0.1, 0.15) is 37.4 Å². The zero-order valence-corrected chi connectivity index (χ0v) is 10.5. The van der Waals surface area contributed by atoms with Crippen LogP contribution in [0.25, 0.3) is 0 Å². The molecule has 0 aromatic carbocycles. The molecule has 0 aliphatic heterocycles. The summed E-state index contributed by atoms with van der Waals surface area (Å²) in [7, 11) is 0. The van der Waals surface area contributed by atoms with Gasteiger partial charge in [-0.2, -0.15) is 0 Å². The van der Waals surface area contributed by atoms with E-state index in [-0.39, 0.29) is 5.91 Å². The van der Waals surface area contributed by atoms with Gasteiger partial charge >= 0.3 is 0 Å². The van der Waals surface area contributed by atoms with Crippen LogP contribution >= 0.6 is 11.6 Å². The third-order valence-electron chi connectivity index (χ3n) is 2.39. The fourth-order valence-corrected chi connectivity index (χ4v) is 1.53. The molecule has 1 rings (SSSR count). The van der Waals surface area contributed by atoms with Crippen molar-refractivity contribution in [2.45, 2.75) is 39.7 Å². The monoisotopic (exact) mass is 240 g/mol. The molecule has 4 heteroatoms. The number of nitrogens with zero attached hydrogens (tertiary/aromatic N) is 1. The van der Waals surface area contributed by atoms with E-state index in [1.807, 2.05) is 13.0 Å². The van der Waals surface area contributed by atoms with Crippen LogP contribution in [-0.2, 0) is 11.3 Å². The molecule has 0 aliphatic carbocycles. The lowest BCUT2D eigenvalue weighted by Gasteiger charge is -2.07. The van der Waals surface area contributed by atoms with Crippen molar-refractivity contribution >= 4 is 17.5 Å². The lowest BCUT2D eigenvalue weighted by molar-refractivity contribution is -0.121. The van der Waals surface area contributed by atoms with Crippen LogP contribution in [0.4, 0.5) is 0 Å². The lowest BCUT2D eigenvalue weighted by atomic mass is 10.2. The van der Waals surface area contributed by atoms with Gasteiger partial charge in [-0.05, 0) is 25.0 Å². The maximum absolute atomic E-state index is 11.4. The fraction of sp³-hybridized carbons (Fsp3) is 0.500. The second kappa shape index (κ2) is 6.48. The van der Waals surface area contributed by atoms with Gasteiger partial charge < -0.3 is 5.32 Å². The summed E-state index contributed by atoms with van der Waals surface area (Å²) < 4.78 is 0. The van der Waals surface area contributed by atoms with Crippen LogP contribution in [0.2, 0.25) is 5.02 Å². The van der Waals surface area contributed by atoms with Gasteiger partial charge in [0.1, 0.15) is 0 Å². The number of rotatable bonds is 5. The van der Waals surface area contributed by atoms with E-state index in [0.717, 1.165) is 24.1 Å². The van der Waals surface area contributed by atoms with Crippen molar-refractivity contribution < 1.29 is 4.79 Å². The zero-order chi connectivity index (χ0) is 12.0. The minimum atomic E-state index is 0.0845. The second-order valence-corrected chi connectivity index (χ2v) is 4.21. The standard InChI is InChI=1S/C12H17ClN2O/c1-3-4-5-12(16)15-7-10-6-11(13)8-14-9(10)2/h6,8H,3-5,7H2,1-2H3,(H,15,16). The molecule has 88 valence electrons. The molecule has 1 aromatic heterocycles. The summed E-state index contributed by atoms with van der Waals surface area (Å²) in [5.74, 6) is 0.0845. The Morgan fingerprint density at radius 1 is 1.56 bits per heavy atom. The number of pyridine rings is 1. The predicted molar refractivity (Wildman–Crippen MR) is 65.4 cm³/mol. The summed E-state index contributed by atoms with van der Waals surface area (Å²) in [4.78, 5) is 15.5. The van der Waals surface area contributed by atoms with Gasteiger partial charge in [0.05, 0.1) is 5.02 Å². The molecule has 0 atom stereocenters. The number of aryl methyl sites for hydroxylation is 1. The Bertz CT molecular complexity index is 366. The summed E-state index contributed by atoms with van der Waals surface area (Å²) in [6, 6.07) is 1.84. The molecule has 0 spiro atoms. The van der Waals surface area contributed by atoms with Crippen molar-refractivity contribution in [3.8, 4) is 0 Å². The Morgan fingerprint density at radius 2 is 2.31 bits per heavy atom. The minimum Gasteiger partial charge on any atom is -0.352 e. The quantitative estimate of drug-likeness (QED) is 0.860. The Morgan fingerprint density at radius 3 is 3.00 bits per heavy atom. The number of amides is 1. The molecule has 16 heavy (non-hydrogen) atoms. The van der Waals surface area contributed by atoms with Gasteiger partial charge in [0.25, 0.3) is 0 Å². The molecule has 0 aliphatic rings. The van der Waals surface area contributed by atoms with E-state index in [0.29, 0.717) is 18.0 Å². The molecule has 0 unspecified atom stereocenters. The highest BCUT2D eigenvalue weighted by Crippen LogP contribution is 2.12. The number of hydrogen-bond acceptors (Lipinski definition) is 2. The number of carbonyl (C=O) groups excluding carboxylic acids is 1. The maximum atomic E-state index is 11.4. The van der Waals surface area contributed by atoms with Gasteiger partial charge in [0.15, 0.2) is 0 Å². The number of unbranched alkanes of at least 4 members (excludes halogenated alkanes) is 1. The number of hydrogen-bond donors (Lipinski definition) is 1. The molecule has 0 radical (unpaired) electrons. The van der Waals surface area contributed by atoms with Crippen molar-refractivity contribution in [1.82, 2.24) is 10.3 Å². The summed E-state index contributed by atoms with van der Waals surface area (Å²) in [5, 5.41) is 3.46. The summed E-state index contributed by atoms with van der Waals surface area (Å²) in [6.45, 7) is 4.48. The molecule has 0 saturated carbocycles. The number of halogens is 1. The molecule has 1 aromatic rings. The van der Waals surface area contributed by atoms with Crippen molar-refractivity contribution in [3.05, 3.63) is 28.5 Å². The SMILES string of the molecule is CCCCC(=O)NCc1cc(Cl)cnc1C. The summed E-state index contributed by atoms with van der Waals surface area (Å²) >= 11 is 5.84. The lowest BCUT2D eigenvalue weighted by Crippen LogP contribution is -2.22. The average Bonchev–Trinajstić information content (AvgIpc) is 2.27. The van der Waals surface area contributed by atoms with Crippen molar-refractivity contribution in [3.63, 3.8) is 0 Å². The van der Waals surface area contributed by atoms with Gasteiger partial charge in [0.2, 0.25) is 5.91 Å². The van der Waals surface area contributed by atoms with E-state index in [2.05, 4.69) is 17.2 Å². The Balaban J connectivity index is 2.47. The largest absolute Gasteiger partial charge is 0.352 e. The number of aromatic nitrogens is 1. The summed E-state index contributed by atoms with van der Waals surface area (Å²) in [6.07, 6.45) is 4.16. The molecule has 1 amide bonds. The molecule has 0 bridgehead atoms. The third kappa shape index (κ3) is 4.19. The van der Waals surface area contributed by atoms with Crippen LogP contribution in [0.15, 0.2) is 12.3 Å². The Hall–Kier alpha value is -1.09. The first-order valence-corrected chi connectivity index (χ1v) is 5.89. The van der Waals surface area contributed by atoms with Crippen molar-refractivity contribution in [2.24, 2.45) is 0 Å². The Labute approximate surface area is 101 Å². The van der Waals surface area contributed by atoms with Crippen LogP contribution in [-0.4, -0.2) is 10.9 Å². The summed E-state index contributed by atoms with van der Waals surface area (Å²) in [5.41, 5.74) is 1.87. The van der Waals surface area contributed by atoms with Crippen molar-refractivity contribution in [2.75, 3.05) is 0 Å². The topological polar surface area (TPSA) is 42.0 Å².